The van der Waals surface area contributed by atoms with Crippen molar-refractivity contribution in [3.63, 3.8) is 0 Å². The molecule has 0 bridgehead atoms. The van der Waals surface area contributed by atoms with E-state index in [0.29, 0.717) is 0 Å². The Kier molecular flexibility index (Phi) is 5.90. The quantitative estimate of drug-likeness (QED) is 0.650. The van der Waals surface area contributed by atoms with Gasteiger partial charge in [0.2, 0.25) is 17.2 Å². The van der Waals surface area contributed by atoms with Crippen molar-refractivity contribution in [1.29, 1.82) is 0 Å². The average molecular weight is 322 g/mol. The number of nitrogens with two attached hydrogens (primary N) is 1. The molecule has 0 saturated heterocycles. The summed E-state index contributed by atoms with van der Waals surface area (Å²) in [6.07, 6.45) is 0. The minimum atomic E-state index is -2.33. The van der Waals surface area contributed by atoms with E-state index in [1.165, 1.54) is 13.8 Å². The third kappa shape index (κ3) is 5.12. The number of ether oxygens (including phenoxy) is 1. The predicted molar refractivity (Wildman–Crippen MR) is 72.1 cm³/mol. The van der Waals surface area contributed by atoms with Gasteiger partial charge in [-0.25, -0.2) is 17.7 Å². The van der Waals surface area contributed by atoms with Crippen LogP contribution in [0.15, 0.2) is 12.1 Å². The fourth-order valence-electron chi connectivity index (χ4n) is 1.65. The number of primary amides is 1. The van der Waals surface area contributed by atoms with Crippen LogP contribution in [-0.2, 0) is 32.9 Å². The number of nitrogens with one attached hydrogen (secondary N) is 1. The number of benzene rings is 1. The molecule has 0 spiro atoms. The standard InChI is InChI=1S/C12H16F2N2O4S/c1-12(2,20-6-11(15)17)8-4-9(13)7(3-10(8)14)5-16-21(18)19/h3-4,16H,5-6H2,1-2H3,(H2,15,17)(H,18,19). The molecule has 0 aliphatic carbocycles. The van der Waals surface area contributed by atoms with Gasteiger partial charge in [-0.2, -0.15) is 0 Å². The fraction of sp³-hybridized carbons (Fsp3) is 0.417. The van der Waals surface area contributed by atoms with E-state index in [2.05, 4.69) is 4.72 Å². The van der Waals surface area contributed by atoms with Crippen molar-refractivity contribution in [1.82, 2.24) is 4.72 Å². The van der Waals surface area contributed by atoms with Crippen LogP contribution in [0.2, 0.25) is 0 Å². The van der Waals surface area contributed by atoms with Crippen LogP contribution in [0.1, 0.15) is 25.0 Å². The molecule has 1 aromatic rings. The smallest absolute Gasteiger partial charge is 0.243 e. The van der Waals surface area contributed by atoms with E-state index in [0.717, 1.165) is 12.1 Å². The molecular weight excluding hydrogens is 306 g/mol. The highest BCUT2D eigenvalue weighted by Gasteiger charge is 2.27. The number of carbonyl (C=O) groups is 1. The third-order valence-corrected chi connectivity index (χ3v) is 3.14. The van der Waals surface area contributed by atoms with Gasteiger partial charge in [0, 0.05) is 17.7 Å². The normalized spacial score (nSPS) is 13.2. The Labute approximate surface area is 123 Å². The first kappa shape index (κ1) is 17.6. The molecule has 21 heavy (non-hydrogen) atoms. The SMILES string of the molecule is CC(C)(OCC(N)=O)c1cc(F)c(CNS(=O)O)cc1F. The maximum atomic E-state index is 14.0. The van der Waals surface area contributed by atoms with Crippen molar-refractivity contribution in [3.05, 3.63) is 34.9 Å². The van der Waals surface area contributed by atoms with Crippen LogP contribution in [0.5, 0.6) is 0 Å². The summed E-state index contributed by atoms with van der Waals surface area (Å²) in [5.74, 6) is -2.25. The molecule has 0 radical (unpaired) electrons. The van der Waals surface area contributed by atoms with Crippen LogP contribution in [0.25, 0.3) is 0 Å². The lowest BCUT2D eigenvalue weighted by molar-refractivity contribution is -0.128. The molecule has 0 fully saturated rings. The summed E-state index contributed by atoms with van der Waals surface area (Å²) in [5, 5.41) is 0. The van der Waals surface area contributed by atoms with Crippen LogP contribution in [-0.4, -0.2) is 21.3 Å². The molecule has 1 aromatic carbocycles. The highest BCUT2D eigenvalue weighted by Crippen LogP contribution is 2.29. The zero-order valence-electron chi connectivity index (χ0n) is 11.5. The Morgan fingerprint density at radius 1 is 1.43 bits per heavy atom. The first-order chi connectivity index (χ1) is 9.63. The number of halogens is 2. The van der Waals surface area contributed by atoms with Gasteiger partial charge in [0.1, 0.15) is 18.2 Å². The van der Waals surface area contributed by atoms with E-state index < -0.39 is 41.0 Å². The van der Waals surface area contributed by atoms with Crippen molar-refractivity contribution in [2.75, 3.05) is 6.61 Å². The van der Waals surface area contributed by atoms with E-state index in [9.17, 15) is 17.8 Å². The van der Waals surface area contributed by atoms with Gasteiger partial charge in [0.05, 0.1) is 5.60 Å². The van der Waals surface area contributed by atoms with E-state index >= 15 is 0 Å². The highest BCUT2D eigenvalue weighted by molar-refractivity contribution is 7.77. The Morgan fingerprint density at radius 2 is 2.05 bits per heavy atom. The van der Waals surface area contributed by atoms with E-state index in [1.54, 1.807) is 0 Å². The Hall–Kier alpha value is -1.42. The molecule has 1 rings (SSSR count). The lowest BCUT2D eigenvalue weighted by atomic mass is 9.95. The number of hydrogen-bond donors (Lipinski definition) is 3. The second-order valence-corrected chi connectivity index (χ2v) is 5.55. The van der Waals surface area contributed by atoms with Gasteiger partial charge < -0.3 is 10.5 Å². The van der Waals surface area contributed by atoms with Crippen LogP contribution < -0.4 is 10.5 Å². The summed E-state index contributed by atoms with van der Waals surface area (Å²) in [5.41, 5.74) is 3.49. The van der Waals surface area contributed by atoms with Gasteiger partial charge in [-0.1, -0.05) is 0 Å². The molecule has 0 saturated carbocycles. The van der Waals surface area contributed by atoms with Gasteiger partial charge in [-0.15, -0.1) is 0 Å². The average Bonchev–Trinajstić information content (AvgIpc) is 2.36. The lowest BCUT2D eigenvalue weighted by Gasteiger charge is -2.26. The monoisotopic (exact) mass is 322 g/mol. The van der Waals surface area contributed by atoms with Crippen molar-refractivity contribution in [3.8, 4) is 0 Å². The first-order valence-corrected chi connectivity index (χ1v) is 6.99. The molecule has 6 nitrogen and oxygen atoms in total. The van der Waals surface area contributed by atoms with Crippen LogP contribution >= 0.6 is 0 Å². The highest BCUT2D eigenvalue weighted by atomic mass is 32.2. The molecule has 1 amide bonds. The maximum absolute atomic E-state index is 14.0. The molecule has 0 heterocycles. The Morgan fingerprint density at radius 3 is 2.57 bits per heavy atom. The molecule has 0 aliphatic heterocycles. The summed E-state index contributed by atoms with van der Waals surface area (Å²) in [7, 11) is 0. The molecule has 1 atom stereocenters. The lowest BCUT2D eigenvalue weighted by Crippen LogP contribution is -2.29. The topological polar surface area (TPSA) is 102 Å². The summed E-state index contributed by atoms with van der Waals surface area (Å²) >= 11 is -2.33. The number of amides is 1. The summed E-state index contributed by atoms with van der Waals surface area (Å²) in [4.78, 5) is 10.7. The van der Waals surface area contributed by atoms with Crippen LogP contribution in [0.3, 0.4) is 0 Å². The first-order valence-electron chi connectivity index (χ1n) is 5.88. The van der Waals surface area contributed by atoms with E-state index in [1.807, 2.05) is 0 Å². The molecule has 118 valence electrons. The zero-order chi connectivity index (χ0) is 16.2. The van der Waals surface area contributed by atoms with Crippen molar-refractivity contribution in [2.24, 2.45) is 5.73 Å². The van der Waals surface area contributed by atoms with Crippen molar-refractivity contribution >= 4 is 17.2 Å². The van der Waals surface area contributed by atoms with Gasteiger partial charge in [0.15, 0.2) is 0 Å². The van der Waals surface area contributed by atoms with E-state index in [-0.39, 0.29) is 17.7 Å². The van der Waals surface area contributed by atoms with Gasteiger partial charge in [-0.05, 0) is 26.0 Å². The Balaban J connectivity index is 3.01. The van der Waals surface area contributed by atoms with Gasteiger partial charge >= 0.3 is 0 Å². The number of carbonyl (C=O) groups excluding carboxylic acids is 1. The van der Waals surface area contributed by atoms with Gasteiger partial charge in [-0.3, -0.25) is 9.35 Å². The van der Waals surface area contributed by atoms with Crippen LogP contribution in [0, 0.1) is 11.6 Å². The van der Waals surface area contributed by atoms with Crippen molar-refractivity contribution in [2.45, 2.75) is 26.0 Å². The molecular formula is C12H16F2N2O4S. The second kappa shape index (κ2) is 7.03. The zero-order valence-corrected chi connectivity index (χ0v) is 12.3. The summed E-state index contributed by atoms with van der Waals surface area (Å²) in [6.45, 7) is 2.19. The summed E-state index contributed by atoms with van der Waals surface area (Å²) in [6, 6.07) is 1.83. The maximum Gasteiger partial charge on any atom is 0.243 e. The third-order valence-electron chi connectivity index (χ3n) is 2.75. The number of rotatable bonds is 7. The number of hydrogen-bond acceptors (Lipinski definition) is 3. The van der Waals surface area contributed by atoms with Crippen molar-refractivity contribution < 1.29 is 27.1 Å². The molecule has 0 aromatic heterocycles. The molecule has 0 aliphatic rings. The minimum absolute atomic E-state index is 0.0879. The van der Waals surface area contributed by atoms with Gasteiger partial charge in [0.25, 0.3) is 0 Å². The molecule has 1 unspecified atom stereocenters. The Bertz CT molecular complexity index is 566. The molecule has 9 heteroatoms. The van der Waals surface area contributed by atoms with E-state index in [4.69, 9.17) is 15.0 Å². The largest absolute Gasteiger partial charge is 0.368 e. The fourth-order valence-corrected chi connectivity index (χ4v) is 1.93. The predicted octanol–water partition coefficient (Wildman–Crippen LogP) is 0.928. The second-order valence-electron chi connectivity index (χ2n) is 4.76. The minimum Gasteiger partial charge on any atom is -0.368 e. The van der Waals surface area contributed by atoms with Crippen LogP contribution in [0.4, 0.5) is 8.78 Å². The molecule has 4 N–H and O–H groups in total. The summed E-state index contributed by atoms with van der Waals surface area (Å²) < 4.78 is 54.2.